The van der Waals surface area contributed by atoms with Crippen LogP contribution in [0, 0.1) is 0 Å². The van der Waals surface area contributed by atoms with E-state index in [2.05, 4.69) is 9.68 Å². The van der Waals surface area contributed by atoms with Crippen molar-refractivity contribution in [3.63, 3.8) is 0 Å². The highest BCUT2D eigenvalue weighted by Gasteiger charge is 2.15. The van der Waals surface area contributed by atoms with Crippen LogP contribution in [-0.2, 0) is 9.68 Å². The topological polar surface area (TPSA) is 105 Å². The lowest BCUT2D eigenvalue weighted by Crippen LogP contribution is -2.24. The Morgan fingerprint density at radius 1 is 0.762 bits per heavy atom. The molecule has 2 rings (SSSR count). The van der Waals surface area contributed by atoms with Gasteiger partial charge in [-0.2, -0.15) is 0 Å². The fraction of sp³-hybridized carbons (Fsp3) is 0. The van der Waals surface area contributed by atoms with Crippen LogP contribution in [0.4, 0.5) is 0 Å². The Kier molecular flexibility index (Phi) is 4.37. The van der Waals surface area contributed by atoms with E-state index >= 15 is 0 Å². The number of phenolic OH excluding ortho intramolecular Hbond substituents is 2. The molecule has 0 aliphatic heterocycles. The molecule has 0 aliphatic rings. The van der Waals surface area contributed by atoms with Crippen molar-refractivity contribution < 1.29 is 29.5 Å². The minimum Gasteiger partial charge on any atom is -0.507 e. The van der Waals surface area contributed by atoms with Gasteiger partial charge in [0.2, 0.25) is 0 Å². The molecule has 0 atom stereocenters. The molecule has 0 heterocycles. The van der Waals surface area contributed by atoms with E-state index in [-0.39, 0.29) is 22.6 Å². The van der Waals surface area contributed by atoms with Gasteiger partial charge < -0.3 is 19.9 Å². The van der Waals surface area contributed by atoms with Crippen LogP contribution in [0.15, 0.2) is 48.5 Å². The van der Waals surface area contributed by atoms with Crippen LogP contribution in [0.3, 0.4) is 0 Å². The summed E-state index contributed by atoms with van der Waals surface area (Å²) in [5, 5.41) is 18.9. The lowest BCUT2D eigenvalue weighted by atomic mass is 10.2. The molecule has 0 bridgehead atoms. The van der Waals surface area contributed by atoms with Crippen molar-refractivity contribution in [2.24, 2.45) is 0 Å². The lowest BCUT2D eigenvalue weighted by molar-refractivity contribution is -0.101. The molecule has 108 valence electrons. The number of carbonyl (C=O) groups excluding carboxylic acids is 2. The standard InChI is InChI=1S/C14H11NO6/c16-11-7-3-1-5-9(11)13(18)20-15-21-14(19)10-6-2-4-8-12(10)17/h1-8,15-17H. The van der Waals surface area contributed by atoms with Crippen LogP contribution in [0.5, 0.6) is 11.5 Å². The van der Waals surface area contributed by atoms with Gasteiger partial charge in [-0.3, -0.25) is 0 Å². The minimum absolute atomic E-state index is 0.0939. The van der Waals surface area contributed by atoms with E-state index in [0.717, 1.165) is 0 Å². The van der Waals surface area contributed by atoms with Crippen LogP contribution in [-0.4, -0.2) is 22.2 Å². The molecule has 2 aromatic carbocycles. The summed E-state index contributed by atoms with van der Waals surface area (Å²) >= 11 is 0. The zero-order valence-corrected chi connectivity index (χ0v) is 10.6. The third-order valence-corrected chi connectivity index (χ3v) is 2.52. The molecule has 0 fully saturated rings. The Hall–Kier alpha value is -3.06. The number of hydrogen-bond acceptors (Lipinski definition) is 7. The number of para-hydroxylation sites is 2. The molecule has 3 N–H and O–H groups in total. The zero-order valence-electron chi connectivity index (χ0n) is 10.6. The largest absolute Gasteiger partial charge is 0.507 e. The Labute approximate surface area is 119 Å². The van der Waals surface area contributed by atoms with E-state index in [9.17, 15) is 19.8 Å². The average Bonchev–Trinajstić information content (AvgIpc) is 2.48. The Morgan fingerprint density at radius 3 is 1.52 bits per heavy atom. The molecular weight excluding hydrogens is 278 g/mol. The number of aromatic hydroxyl groups is 2. The first-order valence-electron chi connectivity index (χ1n) is 5.83. The van der Waals surface area contributed by atoms with Gasteiger partial charge in [-0.05, 0) is 24.3 Å². The van der Waals surface area contributed by atoms with Crippen LogP contribution in [0.2, 0.25) is 0 Å². The summed E-state index contributed by atoms with van der Waals surface area (Å²) in [6.45, 7) is 0. The summed E-state index contributed by atoms with van der Waals surface area (Å²) in [5.41, 5.74) is 1.53. The van der Waals surface area contributed by atoms with E-state index in [4.69, 9.17) is 0 Å². The maximum Gasteiger partial charge on any atom is 0.363 e. The van der Waals surface area contributed by atoms with Crippen LogP contribution in [0.1, 0.15) is 20.7 Å². The highest BCUT2D eigenvalue weighted by atomic mass is 16.9. The SMILES string of the molecule is O=C(ONOC(=O)c1ccccc1O)c1ccccc1O. The van der Waals surface area contributed by atoms with E-state index < -0.39 is 11.9 Å². The van der Waals surface area contributed by atoms with Crippen molar-refractivity contribution in [2.75, 3.05) is 0 Å². The summed E-state index contributed by atoms with van der Waals surface area (Å²) in [4.78, 5) is 32.1. The van der Waals surface area contributed by atoms with E-state index in [1.807, 2.05) is 0 Å². The van der Waals surface area contributed by atoms with Crippen molar-refractivity contribution >= 4 is 11.9 Å². The molecule has 0 radical (unpaired) electrons. The second-order valence-corrected chi connectivity index (χ2v) is 3.90. The molecular formula is C14H11NO6. The molecule has 21 heavy (non-hydrogen) atoms. The smallest absolute Gasteiger partial charge is 0.363 e. The van der Waals surface area contributed by atoms with Crippen LogP contribution >= 0.6 is 0 Å². The first-order chi connectivity index (χ1) is 10.1. The third-order valence-electron chi connectivity index (χ3n) is 2.52. The monoisotopic (exact) mass is 289 g/mol. The van der Waals surface area contributed by atoms with Gasteiger partial charge in [0.05, 0.1) is 0 Å². The molecule has 7 heteroatoms. The molecule has 0 aliphatic carbocycles. The van der Waals surface area contributed by atoms with Crippen LogP contribution < -0.4 is 5.64 Å². The van der Waals surface area contributed by atoms with E-state index in [1.54, 1.807) is 5.64 Å². The first kappa shape index (κ1) is 14.4. The van der Waals surface area contributed by atoms with Crippen molar-refractivity contribution in [1.82, 2.24) is 5.64 Å². The van der Waals surface area contributed by atoms with Crippen molar-refractivity contribution in [2.45, 2.75) is 0 Å². The Bertz CT molecular complexity index is 613. The van der Waals surface area contributed by atoms with Gasteiger partial charge in [0.1, 0.15) is 22.6 Å². The highest BCUT2D eigenvalue weighted by molar-refractivity contribution is 5.93. The molecule has 0 amide bonds. The van der Waals surface area contributed by atoms with E-state index in [0.29, 0.717) is 0 Å². The average molecular weight is 289 g/mol. The fourth-order valence-corrected chi connectivity index (χ4v) is 1.50. The normalized spacial score (nSPS) is 9.90. The number of hydrogen-bond donors (Lipinski definition) is 3. The predicted molar refractivity (Wildman–Crippen MR) is 70.2 cm³/mol. The van der Waals surface area contributed by atoms with Gasteiger partial charge in [-0.15, -0.1) is 0 Å². The molecule has 0 aromatic heterocycles. The number of benzene rings is 2. The maximum absolute atomic E-state index is 11.6. The summed E-state index contributed by atoms with van der Waals surface area (Å²) in [5.74, 6) is -2.40. The number of phenols is 2. The molecule has 0 spiro atoms. The minimum atomic E-state index is -0.932. The summed E-state index contributed by atoms with van der Waals surface area (Å²) < 4.78 is 0. The number of nitrogens with one attached hydrogen (secondary N) is 1. The molecule has 0 saturated heterocycles. The van der Waals surface area contributed by atoms with Crippen LogP contribution in [0.25, 0.3) is 0 Å². The quantitative estimate of drug-likeness (QED) is 0.733. The third kappa shape index (κ3) is 3.48. The zero-order chi connectivity index (χ0) is 15.2. The molecule has 0 unspecified atom stereocenters. The predicted octanol–water partition coefficient (Wildman–Crippen LogP) is 1.53. The van der Waals surface area contributed by atoms with Crippen molar-refractivity contribution in [1.29, 1.82) is 0 Å². The highest BCUT2D eigenvalue weighted by Crippen LogP contribution is 2.17. The maximum atomic E-state index is 11.6. The molecule has 0 saturated carbocycles. The Balaban J connectivity index is 1.90. The molecule has 7 nitrogen and oxygen atoms in total. The van der Waals surface area contributed by atoms with Gasteiger partial charge in [-0.25, -0.2) is 9.59 Å². The summed E-state index contributed by atoms with van der Waals surface area (Å²) in [7, 11) is 0. The summed E-state index contributed by atoms with van der Waals surface area (Å²) in [6, 6.07) is 11.4. The van der Waals surface area contributed by atoms with Crippen molar-refractivity contribution in [3.05, 3.63) is 59.7 Å². The summed E-state index contributed by atoms with van der Waals surface area (Å²) in [6.07, 6.45) is 0. The first-order valence-corrected chi connectivity index (χ1v) is 5.83. The second kappa shape index (κ2) is 6.40. The van der Waals surface area contributed by atoms with Gasteiger partial charge in [-0.1, -0.05) is 24.3 Å². The second-order valence-electron chi connectivity index (χ2n) is 3.90. The fourth-order valence-electron chi connectivity index (χ4n) is 1.50. The van der Waals surface area contributed by atoms with Gasteiger partial charge in [0.15, 0.2) is 0 Å². The lowest BCUT2D eigenvalue weighted by Gasteiger charge is -2.07. The van der Waals surface area contributed by atoms with Gasteiger partial charge in [0, 0.05) is 5.64 Å². The van der Waals surface area contributed by atoms with Gasteiger partial charge >= 0.3 is 11.9 Å². The molecule has 2 aromatic rings. The van der Waals surface area contributed by atoms with Crippen molar-refractivity contribution in [3.8, 4) is 11.5 Å². The van der Waals surface area contributed by atoms with Gasteiger partial charge in [0.25, 0.3) is 0 Å². The number of rotatable bonds is 4. The van der Waals surface area contributed by atoms with E-state index in [1.165, 1.54) is 48.5 Å². The Morgan fingerprint density at radius 2 is 1.14 bits per heavy atom. The number of carbonyl (C=O) groups is 2.